The van der Waals surface area contributed by atoms with Gasteiger partial charge in [-0.15, -0.1) is 0 Å². The zero-order valence-corrected chi connectivity index (χ0v) is 9.45. The molecule has 1 aliphatic heterocycles. The lowest BCUT2D eigenvalue weighted by molar-refractivity contribution is -0.123. The maximum Gasteiger partial charge on any atom is 0.230 e. The van der Waals surface area contributed by atoms with Gasteiger partial charge in [0.2, 0.25) is 5.91 Å². The predicted molar refractivity (Wildman–Crippen MR) is 60.1 cm³/mol. The number of anilines is 1. The summed E-state index contributed by atoms with van der Waals surface area (Å²) in [6.07, 6.45) is 4.46. The Hall–Kier alpha value is -1.36. The van der Waals surface area contributed by atoms with Crippen LogP contribution in [-0.2, 0) is 16.0 Å². The van der Waals surface area contributed by atoms with Crippen LogP contribution in [0.1, 0.15) is 25.3 Å². The lowest BCUT2D eigenvalue weighted by Gasteiger charge is -2.21. The largest absolute Gasteiger partial charge is 0.381 e. The molecule has 1 aromatic rings. The van der Waals surface area contributed by atoms with Crippen molar-refractivity contribution in [3.05, 3.63) is 11.8 Å². The van der Waals surface area contributed by atoms with Crippen LogP contribution >= 0.6 is 0 Å². The number of carbonyl (C=O) groups is 1. The molecular weight excluding hydrogens is 206 g/mol. The first kappa shape index (κ1) is 11.1. The van der Waals surface area contributed by atoms with E-state index in [1.807, 2.05) is 6.92 Å². The molecule has 0 aliphatic carbocycles. The van der Waals surface area contributed by atoms with E-state index in [1.54, 1.807) is 6.20 Å². The van der Waals surface area contributed by atoms with E-state index in [1.165, 1.54) is 0 Å². The minimum Gasteiger partial charge on any atom is -0.381 e. The maximum atomic E-state index is 11.9. The number of carbonyl (C=O) groups excluding carboxylic acids is 1. The predicted octanol–water partition coefficient (Wildman–Crippen LogP) is 1.34. The molecule has 1 amide bonds. The Kier molecular flexibility index (Phi) is 3.56. The average molecular weight is 223 g/mol. The van der Waals surface area contributed by atoms with Crippen LogP contribution in [0.4, 0.5) is 5.82 Å². The molecule has 88 valence electrons. The molecule has 0 saturated carbocycles. The summed E-state index contributed by atoms with van der Waals surface area (Å²) in [4.78, 5) is 11.9. The van der Waals surface area contributed by atoms with Crippen LogP contribution in [0.15, 0.2) is 6.20 Å². The fourth-order valence-electron chi connectivity index (χ4n) is 1.86. The van der Waals surface area contributed by atoms with Gasteiger partial charge < -0.3 is 10.1 Å². The summed E-state index contributed by atoms with van der Waals surface area (Å²) >= 11 is 0. The lowest BCUT2D eigenvalue weighted by atomic mass is 10.0. The van der Waals surface area contributed by atoms with Crippen molar-refractivity contribution in [3.8, 4) is 0 Å². The van der Waals surface area contributed by atoms with E-state index >= 15 is 0 Å². The van der Waals surface area contributed by atoms with E-state index in [2.05, 4.69) is 15.5 Å². The van der Waals surface area contributed by atoms with Gasteiger partial charge in [0, 0.05) is 12.2 Å². The van der Waals surface area contributed by atoms with Crippen LogP contribution in [0.25, 0.3) is 0 Å². The van der Waals surface area contributed by atoms with Crippen molar-refractivity contribution in [1.29, 1.82) is 0 Å². The van der Waals surface area contributed by atoms with E-state index in [4.69, 9.17) is 4.74 Å². The van der Waals surface area contributed by atoms with E-state index in [0.29, 0.717) is 6.61 Å². The van der Waals surface area contributed by atoms with Gasteiger partial charge in [-0.2, -0.15) is 5.10 Å². The molecule has 0 aromatic carbocycles. The standard InChI is InChI=1S/C11H17N3O2/c1-2-8-6-12-14-10(8)13-11(15)9-4-3-5-16-7-9/h6,9H,2-5,7H2,1H3,(H2,12,13,14,15). The van der Waals surface area contributed by atoms with Crippen LogP contribution < -0.4 is 5.32 Å². The fraction of sp³-hybridized carbons (Fsp3) is 0.636. The summed E-state index contributed by atoms with van der Waals surface area (Å²) in [5, 5.41) is 9.60. The highest BCUT2D eigenvalue weighted by Crippen LogP contribution is 2.17. The van der Waals surface area contributed by atoms with Gasteiger partial charge in [-0.25, -0.2) is 0 Å². The van der Waals surface area contributed by atoms with Crippen LogP contribution in [-0.4, -0.2) is 29.3 Å². The van der Waals surface area contributed by atoms with E-state index in [0.717, 1.165) is 37.3 Å². The Labute approximate surface area is 94.6 Å². The minimum absolute atomic E-state index is 0.0262. The molecule has 0 radical (unpaired) electrons. The molecule has 2 N–H and O–H groups in total. The summed E-state index contributed by atoms with van der Waals surface area (Å²) in [6.45, 7) is 3.33. The van der Waals surface area contributed by atoms with E-state index in [9.17, 15) is 4.79 Å². The molecule has 1 atom stereocenters. The third-order valence-electron chi connectivity index (χ3n) is 2.88. The first-order valence-electron chi connectivity index (χ1n) is 5.72. The zero-order valence-electron chi connectivity index (χ0n) is 9.45. The fourth-order valence-corrected chi connectivity index (χ4v) is 1.86. The van der Waals surface area contributed by atoms with Gasteiger partial charge in [0.25, 0.3) is 0 Å². The Bertz CT molecular complexity index is 356. The second kappa shape index (κ2) is 5.12. The van der Waals surface area contributed by atoms with Crippen molar-refractivity contribution in [2.24, 2.45) is 5.92 Å². The Balaban J connectivity index is 1.95. The van der Waals surface area contributed by atoms with E-state index < -0.39 is 0 Å². The highest BCUT2D eigenvalue weighted by molar-refractivity contribution is 5.92. The quantitative estimate of drug-likeness (QED) is 0.812. The highest BCUT2D eigenvalue weighted by atomic mass is 16.5. The number of aryl methyl sites for hydroxylation is 1. The van der Waals surface area contributed by atoms with Crippen molar-refractivity contribution in [2.45, 2.75) is 26.2 Å². The number of hydrogen-bond donors (Lipinski definition) is 2. The number of nitrogens with zero attached hydrogens (tertiary/aromatic N) is 1. The van der Waals surface area contributed by atoms with Gasteiger partial charge in [-0.3, -0.25) is 9.89 Å². The SMILES string of the molecule is CCc1cn[nH]c1NC(=O)C1CCCOC1. The Morgan fingerprint density at radius 2 is 2.62 bits per heavy atom. The number of hydrogen-bond acceptors (Lipinski definition) is 3. The van der Waals surface area contributed by atoms with Crippen molar-refractivity contribution in [3.63, 3.8) is 0 Å². The third-order valence-corrected chi connectivity index (χ3v) is 2.88. The molecule has 1 saturated heterocycles. The number of nitrogens with one attached hydrogen (secondary N) is 2. The van der Waals surface area contributed by atoms with Crippen LogP contribution in [0.5, 0.6) is 0 Å². The van der Waals surface area contributed by atoms with Gasteiger partial charge in [-0.05, 0) is 19.3 Å². The number of aromatic nitrogens is 2. The average Bonchev–Trinajstić information content (AvgIpc) is 2.77. The minimum atomic E-state index is -0.0262. The number of ether oxygens (including phenoxy) is 1. The summed E-state index contributed by atoms with van der Waals surface area (Å²) in [5.74, 6) is 0.721. The molecule has 16 heavy (non-hydrogen) atoms. The topological polar surface area (TPSA) is 67.0 Å². The maximum absolute atomic E-state index is 11.9. The van der Waals surface area contributed by atoms with Gasteiger partial charge in [-0.1, -0.05) is 6.92 Å². The highest BCUT2D eigenvalue weighted by Gasteiger charge is 2.22. The summed E-state index contributed by atoms with van der Waals surface area (Å²) < 4.78 is 5.29. The van der Waals surface area contributed by atoms with Crippen molar-refractivity contribution < 1.29 is 9.53 Å². The van der Waals surface area contributed by atoms with Crippen molar-refractivity contribution >= 4 is 11.7 Å². The summed E-state index contributed by atoms with van der Waals surface area (Å²) in [5.41, 5.74) is 1.03. The molecule has 5 heteroatoms. The first-order valence-corrected chi connectivity index (χ1v) is 5.72. The number of amides is 1. The molecule has 1 unspecified atom stereocenters. The zero-order chi connectivity index (χ0) is 11.4. The van der Waals surface area contributed by atoms with Gasteiger partial charge in [0.15, 0.2) is 0 Å². The second-order valence-corrected chi connectivity index (χ2v) is 4.03. The third kappa shape index (κ3) is 2.41. The van der Waals surface area contributed by atoms with Crippen molar-refractivity contribution in [2.75, 3.05) is 18.5 Å². The monoisotopic (exact) mass is 223 g/mol. The van der Waals surface area contributed by atoms with Gasteiger partial charge in [0.1, 0.15) is 5.82 Å². The van der Waals surface area contributed by atoms with Crippen molar-refractivity contribution in [1.82, 2.24) is 10.2 Å². The number of rotatable bonds is 3. The molecule has 2 rings (SSSR count). The molecule has 0 bridgehead atoms. The lowest BCUT2D eigenvalue weighted by Crippen LogP contribution is -2.30. The first-order chi connectivity index (χ1) is 7.81. The molecular formula is C11H17N3O2. The van der Waals surface area contributed by atoms with Crippen LogP contribution in [0, 0.1) is 5.92 Å². The molecule has 1 fully saturated rings. The molecule has 1 aromatic heterocycles. The Morgan fingerprint density at radius 1 is 1.75 bits per heavy atom. The molecule has 0 spiro atoms. The smallest absolute Gasteiger partial charge is 0.230 e. The molecule has 1 aliphatic rings. The number of H-pyrrole nitrogens is 1. The van der Waals surface area contributed by atoms with Gasteiger partial charge >= 0.3 is 0 Å². The Morgan fingerprint density at radius 3 is 3.31 bits per heavy atom. The molecule has 2 heterocycles. The number of aromatic amines is 1. The summed E-state index contributed by atoms with van der Waals surface area (Å²) in [6, 6.07) is 0. The second-order valence-electron chi connectivity index (χ2n) is 4.03. The van der Waals surface area contributed by atoms with Crippen LogP contribution in [0.2, 0.25) is 0 Å². The normalized spacial score (nSPS) is 20.7. The summed E-state index contributed by atoms with van der Waals surface area (Å²) in [7, 11) is 0. The van der Waals surface area contributed by atoms with Gasteiger partial charge in [0.05, 0.1) is 18.7 Å². The van der Waals surface area contributed by atoms with Crippen LogP contribution in [0.3, 0.4) is 0 Å². The van der Waals surface area contributed by atoms with E-state index in [-0.39, 0.29) is 11.8 Å². The molecule has 5 nitrogen and oxygen atoms in total.